The van der Waals surface area contributed by atoms with Gasteiger partial charge in [-0.15, -0.1) is 11.8 Å². The Morgan fingerprint density at radius 1 is 1.10 bits per heavy atom. The Kier molecular flexibility index (Phi) is 5.32. The first-order chi connectivity index (χ1) is 9.79. The van der Waals surface area contributed by atoms with Crippen molar-refractivity contribution in [3.05, 3.63) is 60.2 Å². The Balaban J connectivity index is 1.77. The molecular formula is C15H16N2O2S. The van der Waals surface area contributed by atoms with E-state index >= 15 is 0 Å². The third-order valence-electron chi connectivity index (χ3n) is 2.62. The van der Waals surface area contributed by atoms with Crippen LogP contribution in [-0.2, 0) is 0 Å². The summed E-state index contributed by atoms with van der Waals surface area (Å²) in [5.74, 6) is 1.75. The number of benzene rings is 2. The molecule has 0 radical (unpaired) electrons. The number of hydrogen-bond acceptors (Lipinski definition) is 4. The van der Waals surface area contributed by atoms with Crippen LogP contribution in [0.1, 0.15) is 5.56 Å². The number of nitrogens with two attached hydrogens (primary N) is 1. The van der Waals surface area contributed by atoms with Crippen molar-refractivity contribution in [3.8, 4) is 5.75 Å². The van der Waals surface area contributed by atoms with Gasteiger partial charge in [0, 0.05) is 16.2 Å². The monoisotopic (exact) mass is 288 g/mol. The van der Waals surface area contributed by atoms with Crippen LogP contribution >= 0.6 is 11.8 Å². The number of thioether (sulfide) groups is 1. The zero-order valence-electron chi connectivity index (χ0n) is 10.9. The molecule has 104 valence electrons. The van der Waals surface area contributed by atoms with Crippen LogP contribution in [0.2, 0.25) is 0 Å². The quantitative estimate of drug-likeness (QED) is 0.214. The minimum atomic E-state index is 0.0937. The average Bonchev–Trinajstić information content (AvgIpc) is 2.52. The smallest absolute Gasteiger partial charge is 0.170 e. The Labute approximate surface area is 122 Å². The molecule has 2 aromatic carbocycles. The van der Waals surface area contributed by atoms with Crippen LogP contribution in [-0.4, -0.2) is 23.4 Å². The van der Waals surface area contributed by atoms with Crippen LogP contribution in [0.15, 0.2) is 64.6 Å². The van der Waals surface area contributed by atoms with Crippen molar-refractivity contribution < 1.29 is 9.94 Å². The largest absolute Gasteiger partial charge is 0.493 e. The third kappa shape index (κ3) is 4.20. The highest BCUT2D eigenvalue weighted by atomic mass is 32.2. The van der Waals surface area contributed by atoms with Crippen molar-refractivity contribution in [2.75, 3.05) is 12.4 Å². The number of hydrogen-bond donors (Lipinski definition) is 2. The summed E-state index contributed by atoms with van der Waals surface area (Å²) >= 11 is 1.75. The van der Waals surface area contributed by atoms with Gasteiger partial charge in [0.2, 0.25) is 0 Å². The van der Waals surface area contributed by atoms with E-state index in [4.69, 9.17) is 15.7 Å². The molecule has 0 aliphatic heterocycles. The fraction of sp³-hybridized carbons (Fsp3) is 0.133. The first-order valence-corrected chi connectivity index (χ1v) is 7.17. The minimum absolute atomic E-state index is 0.0937. The summed E-state index contributed by atoms with van der Waals surface area (Å²) in [6, 6.07) is 17.3. The van der Waals surface area contributed by atoms with E-state index in [2.05, 4.69) is 17.3 Å². The molecule has 5 heteroatoms. The second-order valence-electron chi connectivity index (χ2n) is 4.02. The predicted molar refractivity (Wildman–Crippen MR) is 81.6 cm³/mol. The number of rotatable bonds is 6. The Morgan fingerprint density at radius 2 is 1.80 bits per heavy atom. The SMILES string of the molecule is NC(=NO)c1ccc(OCCSc2ccccc2)cc1. The van der Waals surface area contributed by atoms with Gasteiger partial charge in [0.1, 0.15) is 5.75 Å². The summed E-state index contributed by atoms with van der Waals surface area (Å²) in [7, 11) is 0. The van der Waals surface area contributed by atoms with E-state index in [1.807, 2.05) is 18.2 Å². The standard InChI is InChI=1S/C15H16N2O2S/c16-15(17-18)12-6-8-13(9-7-12)19-10-11-20-14-4-2-1-3-5-14/h1-9,18H,10-11H2,(H2,16,17). The van der Waals surface area contributed by atoms with Crippen molar-refractivity contribution in [3.63, 3.8) is 0 Å². The highest BCUT2D eigenvalue weighted by Gasteiger charge is 2.00. The molecule has 0 spiro atoms. The van der Waals surface area contributed by atoms with E-state index in [1.165, 1.54) is 4.90 Å². The van der Waals surface area contributed by atoms with Crippen LogP contribution in [0, 0.1) is 0 Å². The molecule has 0 unspecified atom stereocenters. The van der Waals surface area contributed by atoms with Crippen LogP contribution in [0.25, 0.3) is 0 Å². The lowest BCUT2D eigenvalue weighted by atomic mass is 10.2. The molecular weight excluding hydrogens is 272 g/mol. The molecule has 2 rings (SSSR count). The second-order valence-corrected chi connectivity index (χ2v) is 5.19. The molecule has 2 aromatic rings. The van der Waals surface area contributed by atoms with Gasteiger partial charge >= 0.3 is 0 Å². The van der Waals surface area contributed by atoms with Gasteiger partial charge < -0.3 is 15.7 Å². The van der Waals surface area contributed by atoms with E-state index in [0.29, 0.717) is 12.2 Å². The first kappa shape index (κ1) is 14.3. The van der Waals surface area contributed by atoms with E-state index in [9.17, 15) is 0 Å². The van der Waals surface area contributed by atoms with Gasteiger partial charge in [-0.1, -0.05) is 23.4 Å². The van der Waals surface area contributed by atoms with E-state index in [-0.39, 0.29) is 5.84 Å². The Hall–Kier alpha value is -2.14. The van der Waals surface area contributed by atoms with Crippen LogP contribution in [0.4, 0.5) is 0 Å². The number of oxime groups is 1. The number of nitrogens with zero attached hydrogens (tertiary/aromatic N) is 1. The summed E-state index contributed by atoms with van der Waals surface area (Å²) < 4.78 is 5.63. The molecule has 0 aromatic heterocycles. The molecule has 0 saturated carbocycles. The first-order valence-electron chi connectivity index (χ1n) is 6.18. The molecule has 0 amide bonds. The van der Waals surface area contributed by atoms with Gasteiger partial charge in [0.15, 0.2) is 5.84 Å². The maximum absolute atomic E-state index is 8.57. The van der Waals surface area contributed by atoms with Gasteiger partial charge in [-0.3, -0.25) is 0 Å². The van der Waals surface area contributed by atoms with Crippen molar-refractivity contribution in [1.82, 2.24) is 0 Å². The number of amidine groups is 1. The van der Waals surface area contributed by atoms with Crippen molar-refractivity contribution >= 4 is 17.6 Å². The van der Waals surface area contributed by atoms with E-state index in [0.717, 1.165) is 11.5 Å². The van der Waals surface area contributed by atoms with Gasteiger partial charge in [-0.05, 0) is 36.4 Å². The fourth-order valence-corrected chi connectivity index (χ4v) is 2.37. The van der Waals surface area contributed by atoms with Crippen LogP contribution < -0.4 is 10.5 Å². The lowest BCUT2D eigenvalue weighted by Crippen LogP contribution is -2.12. The maximum Gasteiger partial charge on any atom is 0.170 e. The van der Waals surface area contributed by atoms with Crippen molar-refractivity contribution in [2.24, 2.45) is 10.9 Å². The van der Waals surface area contributed by atoms with Crippen LogP contribution in [0.3, 0.4) is 0 Å². The van der Waals surface area contributed by atoms with Crippen LogP contribution in [0.5, 0.6) is 5.75 Å². The normalized spacial score (nSPS) is 11.3. The molecule has 0 bridgehead atoms. The topological polar surface area (TPSA) is 67.8 Å². The fourth-order valence-electron chi connectivity index (χ4n) is 1.62. The molecule has 0 aliphatic carbocycles. The molecule has 0 heterocycles. The summed E-state index contributed by atoms with van der Waals surface area (Å²) in [6.07, 6.45) is 0. The number of ether oxygens (including phenoxy) is 1. The van der Waals surface area contributed by atoms with Gasteiger partial charge in [0.25, 0.3) is 0 Å². The zero-order valence-corrected chi connectivity index (χ0v) is 11.7. The third-order valence-corrected chi connectivity index (χ3v) is 3.60. The lowest BCUT2D eigenvalue weighted by molar-refractivity contribution is 0.318. The van der Waals surface area contributed by atoms with Crippen molar-refractivity contribution in [2.45, 2.75) is 4.90 Å². The molecule has 3 N–H and O–H groups in total. The molecule has 4 nitrogen and oxygen atoms in total. The van der Waals surface area contributed by atoms with Crippen molar-refractivity contribution in [1.29, 1.82) is 0 Å². The zero-order chi connectivity index (χ0) is 14.2. The highest BCUT2D eigenvalue weighted by Crippen LogP contribution is 2.17. The van der Waals surface area contributed by atoms with E-state index < -0.39 is 0 Å². The molecule has 0 atom stereocenters. The molecule has 20 heavy (non-hydrogen) atoms. The molecule has 0 saturated heterocycles. The summed E-state index contributed by atoms with van der Waals surface area (Å²) in [4.78, 5) is 1.23. The highest BCUT2D eigenvalue weighted by molar-refractivity contribution is 7.99. The Morgan fingerprint density at radius 3 is 2.45 bits per heavy atom. The second kappa shape index (κ2) is 7.45. The van der Waals surface area contributed by atoms with E-state index in [1.54, 1.807) is 36.0 Å². The van der Waals surface area contributed by atoms with Gasteiger partial charge in [0.05, 0.1) is 6.61 Å². The predicted octanol–water partition coefficient (Wildman–Crippen LogP) is 2.95. The average molecular weight is 288 g/mol. The maximum atomic E-state index is 8.57. The summed E-state index contributed by atoms with van der Waals surface area (Å²) in [5.41, 5.74) is 6.15. The summed E-state index contributed by atoms with van der Waals surface area (Å²) in [6.45, 7) is 0.627. The Bertz CT molecular complexity index is 556. The summed E-state index contributed by atoms with van der Waals surface area (Å²) in [5, 5.41) is 11.5. The van der Waals surface area contributed by atoms with Gasteiger partial charge in [-0.25, -0.2) is 0 Å². The lowest BCUT2D eigenvalue weighted by Gasteiger charge is -2.07. The van der Waals surface area contributed by atoms with Gasteiger partial charge in [-0.2, -0.15) is 0 Å². The molecule has 0 aliphatic rings. The molecule has 0 fully saturated rings. The minimum Gasteiger partial charge on any atom is -0.493 e.